The molecule has 0 unspecified atom stereocenters. The summed E-state index contributed by atoms with van der Waals surface area (Å²) in [5.41, 5.74) is 0. The van der Waals surface area contributed by atoms with Gasteiger partial charge in [0.05, 0.1) is 13.7 Å². The van der Waals surface area contributed by atoms with Crippen LogP contribution in [-0.2, 0) is 0 Å². The van der Waals surface area contributed by atoms with Crippen LogP contribution in [0.1, 0.15) is 19.8 Å². The quantitative estimate of drug-likeness (QED) is 0.678. The van der Waals surface area contributed by atoms with Gasteiger partial charge in [-0.15, -0.1) is 0 Å². The molecule has 1 aromatic rings. The van der Waals surface area contributed by atoms with E-state index in [-0.39, 0.29) is 0 Å². The smallest absolute Gasteiger partial charge is 0.137 e. The second-order valence-electron chi connectivity index (χ2n) is 3.75. The summed E-state index contributed by atoms with van der Waals surface area (Å²) in [4.78, 5) is 0. The van der Waals surface area contributed by atoms with E-state index in [1.807, 2.05) is 24.3 Å². The van der Waals surface area contributed by atoms with Crippen molar-refractivity contribution in [2.75, 3.05) is 26.8 Å². The SMILES string of the molecule is CCCC[NH2+]CCOc1cccc(OC)c1. The summed E-state index contributed by atoms with van der Waals surface area (Å²) >= 11 is 0. The lowest BCUT2D eigenvalue weighted by atomic mass is 10.3. The van der Waals surface area contributed by atoms with Gasteiger partial charge in [-0.2, -0.15) is 0 Å². The summed E-state index contributed by atoms with van der Waals surface area (Å²) in [6, 6.07) is 7.72. The summed E-state index contributed by atoms with van der Waals surface area (Å²) in [6.45, 7) is 5.16. The van der Waals surface area contributed by atoms with Crippen molar-refractivity contribution in [1.82, 2.24) is 0 Å². The number of unbranched alkanes of at least 4 members (excludes halogenated alkanes) is 1. The fraction of sp³-hybridized carbons (Fsp3) is 0.538. The van der Waals surface area contributed by atoms with Gasteiger partial charge in [-0.25, -0.2) is 0 Å². The third-order valence-corrected chi connectivity index (χ3v) is 2.39. The molecule has 0 fully saturated rings. The molecule has 0 spiro atoms. The van der Waals surface area contributed by atoms with Gasteiger partial charge in [0.15, 0.2) is 0 Å². The van der Waals surface area contributed by atoms with Crippen molar-refractivity contribution in [2.24, 2.45) is 0 Å². The van der Waals surface area contributed by atoms with Gasteiger partial charge in [0.25, 0.3) is 0 Å². The predicted molar refractivity (Wildman–Crippen MR) is 65.1 cm³/mol. The standard InChI is InChI=1S/C13H21NO2/c1-3-4-8-14-9-10-16-13-7-5-6-12(11-13)15-2/h5-7,11,14H,3-4,8-10H2,1-2H3/p+1. The van der Waals surface area contributed by atoms with Crippen molar-refractivity contribution >= 4 is 0 Å². The van der Waals surface area contributed by atoms with Crippen LogP contribution < -0.4 is 14.8 Å². The lowest BCUT2D eigenvalue weighted by molar-refractivity contribution is -0.655. The highest BCUT2D eigenvalue weighted by molar-refractivity contribution is 5.32. The number of nitrogens with two attached hydrogens (primary N) is 1. The van der Waals surface area contributed by atoms with E-state index in [4.69, 9.17) is 9.47 Å². The summed E-state index contributed by atoms with van der Waals surface area (Å²) in [5.74, 6) is 1.72. The first-order valence-electron chi connectivity index (χ1n) is 5.95. The van der Waals surface area contributed by atoms with Gasteiger partial charge in [-0.05, 0) is 18.6 Å². The van der Waals surface area contributed by atoms with Crippen molar-refractivity contribution in [3.63, 3.8) is 0 Å². The van der Waals surface area contributed by atoms with Gasteiger partial charge in [0.2, 0.25) is 0 Å². The van der Waals surface area contributed by atoms with Crippen LogP contribution in [0.4, 0.5) is 0 Å². The Morgan fingerprint density at radius 1 is 1.19 bits per heavy atom. The number of quaternary nitrogens is 1. The van der Waals surface area contributed by atoms with Gasteiger partial charge < -0.3 is 14.8 Å². The molecule has 0 saturated heterocycles. The van der Waals surface area contributed by atoms with Crippen molar-refractivity contribution in [2.45, 2.75) is 19.8 Å². The lowest BCUT2D eigenvalue weighted by Gasteiger charge is -2.06. The third kappa shape index (κ3) is 5.03. The Balaban J connectivity index is 2.16. The van der Waals surface area contributed by atoms with E-state index in [2.05, 4.69) is 12.2 Å². The maximum absolute atomic E-state index is 5.62. The normalized spacial score (nSPS) is 10.1. The molecule has 0 atom stereocenters. The van der Waals surface area contributed by atoms with Crippen molar-refractivity contribution in [1.29, 1.82) is 0 Å². The molecule has 0 amide bonds. The number of hydrogen-bond acceptors (Lipinski definition) is 2. The van der Waals surface area contributed by atoms with E-state index in [1.54, 1.807) is 7.11 Å². The van der Waals surface area contributed by atoms with Crippen molar-refractivity contribution < 1.29 is 14.8 Å². The van der Waals surface area contributed by atoms with E-state index in [9.17, 15) is 0 Å². The van der Waals surface area contributed by atoms with Crippen molar-refractivity contribution in [3.05, 3.63) is 24.3 Å². The minimum absolute atomic E-state index is 0.747. The summed E-state index contributed by atoms with van der Waals surface area (Å²) in [5, 5.41) is 2.30. The first-order valence-corrected chi connectivity index (χ1v) is 5.95. The van der Waals surface area contributed by atoms with E-state index in [1.165, 1.54) is 19.4 Å². The molecule has 0 aromatic heterocycles. The Labute approximate surface area is 97.8 Å². The van der Waals surface area contributed by atoms with Gasteiger partial charge in [-0.3, -0.25) is 0 Å². The number of rotatable bonds is 8. The molecule has 0 aliphatic heterocycles. The topological polar surface area (TPSA) is 35.1 Å². The molecule has 16 heavy (non-hydrogen) atoms. The summed E-state index contributed by atoms with van der Waals surface area (Å²) < 4.78 is 10.7. The molecule has 0 saturated carbocycles. The Kier molecular flexibility index (Phi) is 6.42. The molecule has 0 bridgehead atoms. The minimum atomic E-state index is 0.747. The van der Waals surface area contributed by atoms with Crippen LogP contribution in [0.3, 0.4) is 0 Å². The second-order valence-corrected chi connectivity index (χ2v) is 3.75. The largest absolute Gasteiger partial charge is 0.497 e. The van der Waals surface area contributed by atoms with Gasteiger partial charge in [0.1, 0.15) is 24.7 Å². The van der Waals surface area contributed by atoms with E-state index >= 15 is 0 Å². The average Bonchev–Trinajstić information content (AvgIpc) is 2.34. The van der Waals surface area contributed by atoms with E-state index in [0.717, 1.165) is 24.7 Å². The average molecular weight is 224 g/mol. The molecule has 1 rings (SSSR count). The Morgan fingerprint density at radius 2 is 2.00 bits per heavy atom. The molecular weight excluding hydrogens is 202 g/mol. The lowest BCUT2D eigenvalue weighted by Crippen LogP contribution is -2.85. The van der Waals surface area contributed by atoms with Crippen LogP contribution in [0.5, 0.6) is 11.5 Å². The highest BCUT2D eigenvalue weighted by atomic mass is 16.5. The number of benzene rings is 1. The van der Waals surface area contributed by atoms with Crippen LogP contribution in [0, 0.1) is 0 Å². The fourth-order valence-electron chi connectivity index (χ4n) is 1.44. The minimum Gasteiger partial charge on any atom is -0.497 e. The molecule has 0 heterocycles. The summed E-state index contributed by atoms with van der Waals surface area (Å²) in [6.07, 6.45) is 2.53. The second kappa shape index (κ2) is 7.99. The molecular formula is C13H22NO2+. The van der Waals surface area contributed by atoms with Crippen LogP contribution in [0.2, 0.25) is 0 Å². The fourth-order valence-corrected chi connectivity index (χ4v) is 1.44. The maximum Gasteiger partial charge on any atom is 0.137 e. The number of ether oxygens (including phenoxy) is 2. The monoisotopic (exact) mass is 224 g/mol. The third-order valence-electron chi connectivity index (χ3n) is 2.39. The Hall–Kier alpha value is -1.22. The molecule has 3 heteroatoms. The maximum atomic E-state index is 5.62. The van der Waals surface area contributed by atoms with Crippen LogP contribution in [0.25, 0.3) is 0 Å². The molecule has 1 aromatic carbocycles. The zero-order valence-corrected chi connectivity index (χ0v) is 10.2. The number of hydrogen-bond donors (Lipinski definition) is 1. The highest BCUT2D eigenvalue weighted by Gasteiger charge is 1.97. The first-order chi connectivity index (χ1) is 7.86. The van der Waals surface area contributed by atoms with E-state index < -0.39 is 0 Å². The molecule has 0 aliphatic rings. The molecule has 90 valence electrons. The van der Waals surface area contributed by atoms with Crippen molar-refractivity contribution in [3.8, 4) is 11.5 Å². The number of methoxy groups -OCH3 is 1. The Morgan fingerprint density at radius 3 is 2.75 bits per heavy atom. The molecule has 0 radical (unpaired) electrons. The molecule has 2 N–H and O–H groups in total. The van der Waals surface area contributed by atoms with Crippen LogP contribution in [0.15, 0.2) is 24.3 Å². The van der Waals surface area contributed by atoms with Crippen LogP contribution >= 0.6 is 0 Å². The first kappa shape index (κ1) is 12.8. The highest BCUT2D eigenvalue weighted by Crippen LogP contribution is 2.18. The van der Waals surface area contributed by atoms with Crippen LogP contribution in [-0.4, -0.2) is 26.8 Å². The zero-order chi connectivity index (χ0) is 11.6. The van der Waals surface area contributed by atoms with E-state index in [0.29, 0.717) is 0 Å². The summed E-state index contributed by atoms with van der Waals surface area (Å²) in [7, 11) is 1.66. The molecule has 3 nitrogen and oxygen atoms in total. The van der Waals surface area contributed by atoms with Gasteiger partial charge >= 0.3 is 0 Å². The zero-order valence-electron chi connectivity index (χ0n) is 10.2. The Bertz CT molecular complexity index is 289. The predicted octanol–water partition coefficient (Wildman–Crippen LogP) is 1.44. The molecule has 0 aliphatic carbocycles. The van der Waals surface area contributed by atoms with Gasteiger partial charge in [0, 0.05) is 6.07 Å². The van der Waals surface area contributed by atoms with Gasteiger partial charge in [-0.1, -0.05) is 19.4 Å².